The Hall–Kier alpha value is -3.13. The van der Waals surface area contributed by atoms with Crippen LogP contribution in [0.3, 0.4) is 0 Å². The normalized spacial score (nSPS) is 20.2. The van der Waals surface area contributed by atoms with Crippen LogP contribution in [0.15, 0.2) is 22.3 Å². The molecule has 1 aromatic rings. The van der Waals surface area contributed by atoms with E-state index in [1.165, 1.54) is 29.8 Å². The SMILES string of the molecule is CO/N=C(\C(=O)NC1C(=O)N2C(C(=O)OCC(=O)OC(C)(C)C)=CCS[C@H]12)c1csc(N)n1. The maximum atomic E-state index is 12.7. The van der Waals surface area contributed by atoms with Gasteiger partial charge in [0, 0.05) is 11.1 Å². The zero-order valence-electron chi connectivity index (χ0n) is 18.3. The molecule has 0 radical (unpaired) electrons. The molecule has 1 fully saturated rings. The summed E-state index contributed by atoms with van der Waals surface area (Å²) < 4.78 is 10.1. The van der Waals surface area contributed by atoms with Crippen molar-refractivity contribution >= 4 is 57.7 Å². The number of esters is 2. The van der Waals surface area contributed by atoms with E-state index in [1.807, 2.05) is 0 Å². The van der Waals surface area contributed by atoms with Crippen molar-refractivity contribution in [1.29, 1.82) is 0 Å². The maximum absolute atomic E-state index is 12.7. The van der Waals surface area contributed by atoms with E-state index in [4.69, 9.17) is 20.0 Å². The van der Waals surface area contributed by atoms with Gasteiger partial charge in [-0.1, -0.05) is 5.16 Å². The zero-order valence-corrected chi connectivity index (χ0v) is 19.9. The van der Waals surface area contributed by atoms with Gasteiger partial charge >= 0.3 is 11.9 Å². The van der Waals surface area contributed by atoms with E-state index in [-0.39, 0.29) is 22.2 Å². The average molecular weight is 498 g/mol. The summed E-state index contributed by atoms with van der Waals surface area (Å²) in [5.41, 5.74) is 4.98. The molecule has 2 aliphatic heterocycles. The lowest BCUT2D eigenvalue weighted by Gasteiger charge is -2.48. The number of hydrogen-bond donors (Lipinski definition) is 2. The summed E-state index contributed by atoms with van der Waals surface area (Å²) in [7, 11) is 1.27. The van der Waals surface area contributed by atoms with Crippen LogP contribution in [-0.2, 0) is 33.5 Å². The molecule has 1 aromatic heterocycles. The molecule has 0 aromatic carbocycles. The lowest BCUT2D eigenvalue weighted by Crippen LogP contribution is -2.70. The van der Waals surface area contributed by atoms with Crippen molar-refractivity contribution in [2.24, 2.45) is 5.16 Å². The van der Waals surface area contributed by atoms with Crippen LogP contribution in [0, 0.1) is 0 Å². The van der Waals surface area contributed by atoms with Crippen LogP contribution in [-0.4, -0.2) is 75.8 Å². The van der Waals surface area contributed by atoms with Crippen molar-refractivity contribution in [2.75, 3.05) is 25.2 Å². The Morgan fingerprint density at radius 1 is 1.36 bits per heavy atom. The van der Waals surface area contributed by atoms with Crippen LogP contribution < -0.4 is 11.1 Å². The summed E-state index contributed by atoms with van der Waals surface area (Å²) in [5.74, 6) is -2.31. The summed E-state index contributed by atoms with van der Waals surface area (Å²) in [5, 5.41) is 7.55. The number of nitrogen functional groups attached to an aromatic ring is 1. The fourth-order valence-corrected chi connectivity index (χ4v) is 4.74. The minimum Gasteiger partial charge on any atom is -0.457 e. The van der Waals surface area contributed by atoms with Gasteiger partial charge in [0.1, 0.15) is 35.5 Å². The molecule has 2 aliphatic rings. The highest BCUT2D eigenvalue weighted by molar-refractivity contribution is 8.00. The Kier molecular flexibility index (Phi) is 7.27. The Morgan fingerprint density at radius 2 is 2.09 bits per heavy atom. The minimum absolute atomic E-state index is 0.0101. The highest BCUT2D eigenvalue weighted by atomic mass is 32.2. The molecular formula is C19H23N5O7S2. The Labute approximate surface area is 197 Å². The van der Waals surface area contributed by atoms with Gasteiger partial charge in [0.25, 0.3) is 11.8 Å². The number of ether oxygens (including phenoxy) is 2. The topological polar surface area (TPSA) is 163 Å². The van der Waals surface area contributed by atoms with E-state index in [0.717, 1.165) is 11.3 Å². The number of thiazole rings is 1. The number of β-lactam (4-membered cyclic amide) rings is 1. The summed E-state index contributed by atoms with van der Waals surface area (Å²) in [4.78, 5) is 59.7. The minimum atomic E-state index is -0.900. The fraction of sp³-hybridized carbons (Fsp3) is 0.474. The van der Waals surface area contributed by atoms with E-state index in [0.29, 0.717) is 5.75 Å². The van der Waals surface area contributed by atoms with E-state index >= 15 is 0 Å². The lowest BCUT2D eigenvalue weighted by molar-refractivity contribution is -0.166. The number of thioether (sulfide) groups is 1. The molecule has 0 spiro atoms. The number of nitrogens with two attached hydrogens (primary N) is 1. The first-order valence-corrected chi connectivity index (χ1v) is 11.6. The van der Waals surface area contributed by atoms with Crippen molar-refractivity contribution in [1.82, 2.24) is 15.2 Å². The highest BCUT2D eigenvalue weighted by Crippen LogP contribution is 2.37. The number of aromatic nitrogens is 1. The highest BCUT2D eigenvalue weighted by Gasteiger charge is 2.53. The summed E-state index contributed by atoms with van der Waals surface area (Å²) in [6, 6.07) is -0.900. The first-order valence-electron chi connectivity index (χ1n) is 9.69. The molecule has 33 heavy (non-hydrogen) atoms. The molecule has 3 heterocycles. The monoisotopic (exact) mass is 497 g/mol. The van der Waals surface area contributed by atoms with Crippen molar-refractivity contribution in [3.05, 3.63) is 22.8 Å². The van der Waals surface area contributed by atoms with Gasteiger partial charge in [-0.3, -0.25) is 14.5 Å². The quantitative estimate of drug-likeness (QED) is 0.231. The largest absolute Gasteiger partial charge is 0.457 e. The molecule has 14 heteroatoms. The lowest BCUT2D eigenvalue weighted by atomic mass is 10.0. The number of anilines is 1. The second kappa shape index (κ2) is 9.79. The van der Waals surface area contributed by atoms with Gasteiger partial charge in [-0.25, -0.2) is 14.6 Å². The van der Waals surface area contributed by atoms with Gasteiger partial charge in [-0.2, -0.15) is 0 Å². The number of carbonyl (C=O) groups excluding carboxylic acids is 4. The van der Waals surface area contributed by atoms with E-state index in [9.17, 15) is 19.2 Å². The van der Waals surface area contributed by atoms with Crippen LogP contribution in [0.5, 0.6) is 0 Å². The number of nitrogens with one attached hydrogen (secondary N) is 1. The number of carbonyl (C=O) groups is 4. The predicted molar refractivity (Wildman–Crippen MR) is 120 cm³/mol. The summed E-state index contributed by atoms with van der Waals surface area (Å²) in [6.45, 7) is 4.49. The number of hydrogen-bond acceptors (Lipinski definition) is 12. The van der Waals surface area contributed by atoms with Crippen molar-refractivity contribution < 1.29 is 33.5 Å². The van der Waals surface area contributed by atoms with Crippen molar-refractivity contribution in [3.63, 3.8) is 0 Å². The third kappa shape index (κ3) is 5.63. The fourth-order valence-electron chi connectivity index (χ4n) is 3.00. The zero-order chi connectivity index (χ0) is 24.3. The second-order valence-corrected chi connectivity index (χ2v) is 9.87. The molecule has 0 bridgehead atoms. The van der Waals surface area contributed by atoms with Gasteiger partial charge in [-0.05, 0) is 26.8 Å². The molecule has 2 atom stereocenters. The van der Waals surface area contributed by atoms with Crippen LogP contribution in [0.2, 0.25) is 0 Å². The summed E-state index contributed by atoms with van der Waals surface area (Å²) in [6.07, 6.45) is 1.53. The Morgan fingerprint density at radius 3 is 2.70 bits per heavy atom. The van der Waals surface area contributed by atoms with Crippen molar-refractivity contribution in [3.8, 4) is 0 Å². The van der Waals surface area contributed by atoms with Gasteiger partial charge in [-0.15, -0.1) is 23.1 Å². The molecular weight excluding hydrogens is 474 g/mol. The molecule has 3 N–H and O–H groups in total. The number of fused-ring (bicyclic) bond motifs is 1. The average Bonchev–Trinajstić information content (AvgIpc) is 3.17. The van der Waals surface area contributed by atoms with Crippen LogP contribution in [0.4, 0.5) is 5.13 Å². The number of amides is 2. The van der Waals surface area contributed by atoms with E-state index in [1.54, 1.807) is 26.2 Å². The smallest absolute Gasteiger partial charge is 0.355 e. The third-order valence-electron chi connectivity index (χ3n) is 4.25. The first kappa shape index (κ1) is 24.5. The number of nitrogens with zero attached hydrogens (tertiary/aromatic N) is 3. The van der Waals surface area contributed by atoms with Crippen LogP contribution in [0.25, 0.3) is 0 Å². The van der Waals surface area contributed by atoms with Gasteiger partial charge < -0.3 is 25.4 Å². The maximum Gasteiger partial charge on any atom is 0.355 e. The summed E-state index contributed by atoms with van der Waals surface area (Å²) >= 11 is 2.48. The second-order valence-electron chi connectivity index (χ2n) is 7.83. The van der Waals surface area contributed by atoms with Crippen LogP contribution in [0.1, 0.15) is 26.5 Å². The molecule has 0 aliphatic carbocycles. The molecule has 3 rings (SSSR count). The van der Waals surface area contributed by atoms with Crippen LogP contribution >= 0.6 is 23.1 Å². The predicted octanol–water partition coefficient (Wildman–Crippen LogP) is 0.245. The number of rotatable bonds is 7. The molecule has 0 saturated carbocycles. The molecule has 178 valence electrons. The van der Waals surface area contributed by atoms with E-state index < -0.39 is 47.4 Å². The molecule has 1 saturated heterocycles. The van der Waals surface area contributed by atoms with Gasteiger partial charge in [0.15, 0.2) is 17.5 Å². The van der Waals surface area contributed by atoms with Gasteiger partial charge in [0.05, 0.1) is 0 Å². The van der Waals surface area contributed by atoms with Gasteiger partial charge in [0.2, 0.25) is 0 Å². The molecule has 2 amide bonds. The third-order valence-corrected chi connectivity index (χ3v) is 6.10. The number of oxime groups is 1. The molecule has 1 unspecified atom stereocenters. The standard InChI is InChI=1S/C19H23N5O7S2/c1-19(2,3)31-11(25)7-30-17(28)10-5-6-32-16-13(15(27)24(10)16)22-14(26)12(23-29-4)9-8-33-18(20)21-9/h5,8,13,16H,6-7H2,1-4H3,(H2,20,21)(H,22,26)/b23-12-/t13?,16-/m1/s1. The molecule has 12 nitrogen and oxygen atoms in total. The van der Waals surface area contributed by atoms with Crippen molar-refractivity contribution in [2.45, 2.75) is 37.8 Å². The Bertz CT molecular complexity index is 1030. The first-order chi connectivity index (χ1) is 15.5. The van der Waals surface area contributed by atoms with E-state index in [2.05, 4.69) is 15.5 Å². The Balaban J connectivity index is 1.63.